The Bertz CT molecular complexity index is 901. The van der Waals surface area contributed by atoms with Gasteiger partial charge in [0.2, 0.25) is 0 Å². The fourth-order valence-electron chi connectivity index (χ4n) is 2.84. The highest BCUT2D eigenvalue weighted by Crippen LogP contribution is 2.22. The van der Waals surface area contributed by atoms with Gasteiger partial charge in [0.15, 0.2) is 5.82 Å². The molecule has 1 aromatic carbocycles. The highest BCUT2D eigenvalue weighted by Gasteiger charge is 2.16. The fourth-order valence-corrected chi connectivity index (χ4v) is 3.02. The van der Waals surface area contributed by atoms with Crippen LogP contribution in [0.1, 0.15) is 5.69 Å². The lowest BCUT2D eigenvalue weighted by Gasteiger charge is -2.28. The smallest absolute Gasteiger partial charge is 0.180 e. The SMILES string of the molecule is Clc1cccc(OCc2cc(N3CCOCC3)nc(-c3ccccn3)n2)c1. The average Bonchev–Trinajstić information content (AvgIpc) is 2.73. The van der Waals surface area contributed by atoms with Crippen LogP contribution in [0.25, 0.3) is 11.5 Å². The summed E-state index contributed by atoms with van der Waals surface area (Å²) in [6.45, 7) is 3.30. The Hall–Kier alpha value is -2.70. The number of halogens is 1. The minimum atomic E-state index is 0.319. The molecule has 2 aromatic heterocycles. The zero-order chi connectivity index (χ0) is 18.5. The van der Waals surface area contributed by atoms with E-state index < -0.39 is 0 Å². The van der Waals surface area contributed by atoms with Crippen molar-refractivity contribution in [2.24, 2.45) is 0 Å². The van der Waals surface area contributed by atoms with Crippen LogP contribution < -0.4 is 9.64 Å². The van der Waals surface area contributed by atoms with Crippen LogP contribution in [0.4, 0.5) is 5.82 Å². The normalized spacial score (nSPS) is 14.2. The third-order valence-electron chi connectivity index (χ3n) is 4.18. The van der Waals surface area contributed by atoms with E-state index in [1.165, 1.54) is 0 Å². The molecule has 6 nitrogen and oxygen atoms in total. The lowest BCUT2D eigenvalue weighted by Crippen LogP contribution is -2.37. The summed E-state index contributed by atoms with van der Waals surface area (Å²) in [6, 6.07) is 15.0. The van der Waals surface area contributed by atoms with Crippen molar-refractivity contribution in [1.82, 2.24) is 15.0 Å². The maximum absolute atomic E-state index is 6.03. The van der Waals surface area contributed by atoms with Gasteiger partial charge < -0.3 is 14.4 Å². The molecule has 1 aliphatic heterocycles. The van der Waals surface area contributed by atoms with E-state index in [4.69, 9.17) is 26.1 Å². The van der Waals surface area contributed by atoms with Crippen LogP contribution in [-0.4, -0.2) is 41.3 Å². The van der Waals surface area contributed by atoms with Crippen molar-refractivity contribution in [2.45, 2.75) is 6.61 Å². The van der Waals surface area contributed by atoms with Crippen molar-refractivity contribution in [3.8, 4) is 17.3 Å². The second-order valence-electron chi connectivity index (χ2n) is 6.10. The second kappa shape index (κ2) is 8.33. The van der Waals surface area contributed by atoms with E-state index in [1.54, 1.807) is 12.3 Å². The molecule has 138 valence electrons. The van der Waals surface area contributed by atoms with Gasteiger partial charge in [0.05, 0.1) is 18.9 Å². The Morgan fingerprint density at radius 2 is 1.93 bits per heavy atom. The first kappa shape index (κ1) is 17.7. The summed E-state index contributed by atoms with van der Waals surface area (Å²) >= 11 is 6.03. The lowest BCUT2D eigenvalue weighted by atomic mass is 10.3. The molecule has 0 amide bonds. The van der Waals surface area contributed by atoms with Crippen molar-refractivity contribution in [3.05, 3.63) is 65.4 Å². The third-order valence-corrected chi connectivity index (χ3v) is 4.41. The summed E-state index contributed by atoms with van der Waals surface area (Å²) in [7, 11) is 0. The molecule has 4 rings (SSSR count). The minimum Gasteiger partial charge on any atom is -0.487 e. The summed E-state index contributed by atoms with van der Waals surface area (Å²) in [4.78, 5) is 15.9. The standard InChI is InChI=1S/C20H19ClN4O2/c21-15-4-3-5-17(12-15)27-14-16-13-19(25-8-10-26-11-9-25)24-20(23-16)18-6-1-2-7-22-18/h1-7,12-13H,8-11,14H2. The number of nitrogens with zero attached hydrogens (tertiary/aromatic N) is 4. The molecule has 1 saturated heterocycles. The number of ether oxygens (including phenoxy) is 2. The maximum atomic E-state index is 6.03. The Morgan fingerprint density at radius 3 is 2.70 bits per heavy atom. The molecule has 27 heavy (non-hydrogen) atoms. The second-order valence-corrected chi connectivity index (χ2v) is 6.54. The molecule has 0 bridgehead atoms. The van der Waals surface area contributed by atoms with Gasteiger partial charge in [0.25, 0.3) is 0 Å². The molecule has 1 fully saturated rings. The number of hydrogen-bond donors (Lipinski definition) is 0. The van der Waals surface area contributed by atoms with Crippen molar-refractivity contribution >= 4 is 17.4 Å². The molecule has 0 atom stereocenters. The molecular formula is C20H19ClN4O2. The van der Waals surface area contributed by atoms with E-state index in [0.717, 1.165) is 30.3 Å². The number of rotatable bonds is 5. The molecule has 7 heteroatoms. The highest BCUT2D eigenvalue weighted by molar-refractivity contribution is 6.30. The van der Waals surface area contributed by atoms with Gasteiger partial charge in [0.1, 0.15) is 23.9 Å². The van der Waals surface area contributed by atoms with E-state index in [0.29, 0.717) is 36.4 Å². The zero-order valence-corrected chi connectivity index (χ0v) is 15.5. The monoisotopic (exact) mass is 382 g/mol. The predicted molar refractivity (Wildman–Crippen MR) is 104 cm³/mol. The molecule has 0 radical (unpaired) electrons. The van der Waals surface area contributed by atoms with Gasteiger partial charge in [-0.05, 0) is 30.3 Å². The van der Waals surface area contributed by atoms with Gasteiger partial charge in [0, 0.05) is 30.4 Å². The zero-order valence-electron chi connectivity index (χ0n) is 14.7. The van der Waals surface area contributed by atoms with Crippen LogP contribution in [0.2, 0.25) is 5.02 Å². The number of pyridine rings is 1. The quantitative estimate of drug-likeness (QED) is 0.671. The van der Waals surface area contributed by atoms with E-state index in [9.17, 15) is 0 Å². The van der Waals surface area contributed by atoms with Gasteiger partial charge in [-0.1, -0.05) is 23.7 Å². The lowest BCUT2D eigenvalue weighted by molar-refractivity contribution is 0.122. The Morgan fingerprint density at radius 1 is 1.04 bits per heavy atom. The van der Waals surface area contributed by atoms with Crippen LogP contribution in [0.5, 0.6) is 5.75 Å². The van der Waals surface area contributed by atoms with Crippen LogP contribution in [0, 0.1) is 0 Å². The van der Waals surface area contributed by atoms with Crippen LogP contribution >= 0.6 is 11.6 Å². The maximum Gasteiger partial charge on any atom is 0.180 e. The summed E-state index contributed by atoms with van der Waals surface area (Å²) in [5.41, 5.74) is 1.52. The highest BCUT2D eigenvalue weighted by atomic mass is 35.5. The van der Waals surface area contributed by atoms with Crippen molar-refractivity contribution in [3.63, 3.8) is 0 Å². The topological polar surface area (TPSA) is 60.4 Å². The van der Waals surface area contributed by atoms with E-state index in [-0.39, 0.29) is 0 Å². The van der Waals surface area contributed by atoms with Crippen LogP contribution in [0.15, 0.2) is 54.7 Å². The first-order valence-corrected chi connectivity index (χ1v) is 9.16. The van der Waals surface area contributed by atoms with E-state index >= 15 is 0 Å². The first-order valence-electron chi connectivity index (χ1n) is 8.78. The number of morpholine rings is 1. The molecule has 0 saturated carbocycles. The van der Waals surface area contributed by atoms with Gasteiger partial charge in [-0.3, -0.25) is 4.98 Å². The molecule has 0 aliphatic carbocycles. The summed E-state index contributed by atoms with van der Waals surface area (Å²) in [5.74, 6) is 2.15. The van der Waals surface area contributed by atoms with Gasteiger partial charge in [-0.25, -0.2) is 9.97 Å². The fraction of sp³-hybridized carbons (Fsp3) is 0.250. The number of benzene rings is 1. The largest absolute Gasteiger partial charge is 0.487 e. The third kappa shape index (κ3) is 4.53. The van der Waals surface area contributed by atoms with Crippen molar-refractivity contribution < 1.29 is 9.47 Å². The molecule has 0 spiro atoms. The number of anilines is 1. The van der Waals surface area contributed by atoms with Crippen molar-refractivity contribution in [2.75, 3.05) is 31.2 Å². The van der Waals surface area contributed by atoms with Gasteiger partial charge >= 0.3 is 0 Å². The molecular weight excluding hydrogens is 364 g/mol. The van der Waals surface area contributed by atoms with Crippen molar-refractivity contribution in [1.29, 1.82) is 0 Å². The first-order chi connectivity index (χ1) is 13.3. The molecule has 0 unspecified atom stereocenters. The van der Waals surface area contributed by atoms with Gasteiger partial charge in [-0.15, -0.1) is 0 Å². The minimum absolute atomic E-state index is 0.319. The van der Waals surface area contributed by atoms with Crippen LogP contribution in [-0.2, 0) is 11.3 Å². The Kier molecular flexibility index (Phi) is 5.46. The number of aromatic nitrogens is 3. The van der Waals surface area contributed by atoms with Gasteiger partial charge in [-0.2, -0.15) is 0 Å². The summed E-state index contributed by atoms with van der Waals surface area (Å²) in [5, 5.41) is 0.637. The van der Waals surface area contributed by atoms with E-state index in [1.807, 2.05) is 42.5 Å². The predicted octanol–water partition coefficient (Wildman–Crippen LogP) is 3.61. The molecule has 1 aliphatic rings. The Labute approximate surface area is 162 Å². The molecule has 3 heterocycles. The van der Waals surface area contributed by atoms with Crippen LogP contribution in [0.3, 0.4) is 0 Å². The average molecular weight is 383 g/mol. The summed E-state index contributed by atoms with van der Waals surface area (Å²) < 4.78 is 11.3. The summed E-state index contributed by atoms with van der Waals surface area (Å²) in [6.07, 6.45) is 1.74. The molecule has 3 aromatic rings. The molecule has 0 N–H and O–H groups in total. The number of hydrogen-bond acceptors (Lipinski definition) is 6. The van der Waals surface area contributed by atoms with E-state index in [2.05, 4.69) is 14.9 Å². The Balaban J connectivity index is 1.62.